The van der Waals surface area contributed by atoms with Gasteiger partial charge in [-0.25, -0.2) is 4.79 Å². The second-order valence-electron chi connectivity index (χ2n) is 3.37. The first-order chi connectivity index (χ1) is 9.26. The maximum atomic E-state index is 11.6. The van der Waals surface area contributed by atoms with Crippen LogP contribution < -0.4 is 10.6 Å². The van der Waals surface area contributed by atoms with Crippen molar-refractivity contribution in [2.24, 2.45) is 0 Å². The summed E-state index contributed by atoms with van der Waals surface area (Å²) in [5, 5.41) is 5.48. The van der Waals surface area contributed by atoms with Crippen LogP contribution in [0.25, 0.3) is 0 Å². The summed E-state index contributed by atoms with van der Waals surface area (Å²) in [6.07, 6.45) is 0. The number of amides is 2. The summed E-state index contributed by atoms with van der Waals surface area (Å²) < 4.78 is 3.19. The molecule has 0 fully saturated rings. The molecule has 0 aliphatic heterocycles. The van der Waals surface area contributed by atoms with Crippen LogP contribution in [0.2, 0.25) is 0 Å². The maximum absolute atomic E-state index is 11.6. The normalized spacial score (nSPS) is 8.50. The van der Waals surface area contributed by atoms with Gasteiger partial charge in [0.25, 0.3) is 0 Å². The third-order valence-electron chi connectivity index (χ3n) is 2.06. The summed E-state index contributed by atoms with van der Waals surface area (Å²) in [5.74, 6) is 0. The fourth-order valence-electron chi connectivity index (χ4n) is 1.34. The minimum Gasteiger partial charge on any atom is -0.308 e. The molecule has 0 saturated heterocycles. The molecular weight excluding hydrogens is 343 g/mol. The van der Waals surface area contributed by atoms with Crippen LogP contribution in [0.15, 0.2) is 60.7 Å². The molecule has 0 unspecified atom stereocenters. The van der Waals surface area contributed by atoms with Gasteiger partial charge in [0.05, 0.1) is 23.7 Å². The van der Waals surface area contributed by atoms with Crippen molar-refractivity contribution in [3.8, 4) is 0 Å². The van der Waals surface area contributed by atoms with Crippen molar-refractivity contribution in [1.82, 2.24) is 0 Å². The Balaban J connectivity index is 0.000000830. The number of anilines is 2. The average molecular weight is 355 g/mol. The zero-order chi connectivity index (χ0) is 13.9. The standard InChI is InChI=1S/C13H12N2O.Cl2O.Fe/c16-13(14-11-7-3-1-4-8-11)15-12-9-5-2-6-10-12;1-3-2;/h1-10H,(H2,14,15,16);;. The van der Waals surface area contributed by atoms with Crippen LogP contribution in [0.3, 0.4) is 0 Å². The van der Waals surface area contributed by atoms with Gasteiger partial charge in [-0.3, -0.25) is 0 Å². The molecule has 108 valence electrons. The number of carbonyl (C=O) groups excluding carboxylic acids is 1. The predicted octanol–water partition coefficient (Wildman–Crippen LogP) is 4.64. The summed E-state index contributed by atoms with van der Waals surface area (Å²) in [6.45, 7) is 0. The minimum absolute atomic E-state index is 0. The Morgan fingerprint density at radius 2 is 1.10 bits per heavy atom. The SMILES string of the molecule is ClOCl.O=C(Nc1ccccc1)Nc1ccccc1.[Fe]. The Morgan fingerprint density at radius 1 is 0.800 bits per heavy atom. The number of hydrogen-bond acceptors (Lipinski definition) is 2. The van der Waals surface area contributed by atoms with Gasteiger partial charge < -0.3 is 10.6 Å². The fraction of sp³-hybridized carbons (Fsp3) is 0. The molecule has 2 N–H and O–H groups in total. The molecular formula is C13H12Cl2FeN2O2. The van der Waals surface area contributed by atoms with E-state index in [-0.39, 0.29) is 23.1 Å². The van der Waals surface area contributed by atoms with Gasteiger partial charge in [-0.05, 0) is 24.3 Å². The number of para-hydroxylation sites is 2. The van der Waals surface area contributed by atoms with Crippen LogP contribution in [-0.2, 0) is 20.9 Å². The van der Waals surface area contributed by atoms with E-state index in [0.717, 1.165) is 11.4 Å². The summed E-state index contributed by atoms with van der Waals surface area (Å²) in [6, 6.07) is 18.4. The van der Waals surface area contributed by atoms with Gasteiger partial charge >= 0.3 is 6.03 Å². The Labute approximate surface area is 138 Å². The van der Waals surface area contributed by atoms with Gasteiger partial charge in [-0.2, -0.15) is 3.84 Å². The summed E-state index contributed by atoms with van der Waals surface area (Å²) in [5.41, 5.74) is 1.55. The molecule has 0 heterocycles. The topological polar surface area (TPSA) is 50.4 Å². The number of rotatable bonds is 2. The van der Waals surface area contributed by atoms with Crippen molar-refractivity contribution in [3.05, 3.63) is 60.7 Å². The Morgan fingerprint density at radius 3 is 1.40 bits per heavy atom. The quantitative estimate of drug-likeness (QED) is 0.772. The van der Waals surface area contributed by atoms with E-state index in [4.69, 9.17) is 0 Å². The maximum Gasteiger partial charge on any atom is 0.323 e. The van der Waals surface area contributed by atoms with E-state index in [1.54, 1.807) is 0 Å². The smallest absolute Gasteiger partial charge is 0.308 e. The van der Waals surface area contributed by atoms with E-state index in [9.17, 15) is 4.79 Å². The molecule has 2 aromatic rings. The average Bonchev–Trinajstić information content (AvgIpc) is 2.41. The van der Waals surface area contributed by atoms with Crippen molar-refractivity contribution in [2.75, 3.05) is 10.6 Å². The Kier molecular flexibility index (Phi) is 10.9. The molecule has 20 heavy (non-hydrogen) atoms. The summed E-state index contributed by atoms with van der Waals surface area (Å²) in [7, 11) is 0. The number of carbonyl (C=O) groups is 1. The van der Waals surface area contributed by atoms with Crippen LogP contribution >= 0.6 is 23.7 Å². The molecule has 2 amide bonds. The molecule has 0 aromatic heterocycles. The molecule has 0 bridgehead atoms. The second-order valence-corrected chi connectivity index (χ2v) is 3.84. The number of urea groups is 1. The van der Waals surface area contributed by atoms with Gasteiger partial charge in [-0.1, -0.05) is 36.4 Å². The first kappa shape index (κ1) is 18.8. The Hall–Kier alpha value is -1.23. The van der Waals surface area contributed by atoms with E-state index < -0.39 is 0 Å². The molecule has 7 heteroatoms. The molecule has 0 saturated carbocycles. The van der Waals surface area contributed by atoms with Crippen LogP contribution in [0, 0.1) is 0 Å². The summed E-state index contributed by atoms with van der Waals surface area (Å²) >= 11 is 8.53. The number of nitrogens with one attached hydrogen (secondary N) is 2. The van der Waals surface area contributed by atoms with E-state index in [1.807, 2.05) is 60.7 Å². The first-order valence-corrected chi connectivity index (χ1v) is 5.95. The molecule has 0 radical (unpaired) electrons. The predicted molar refractivity (Wildman–Crippen MR) is 78.3 cm³/mol. The Bertz CT molecular complexity index is 443. The van der Waals surface area contributed by atoms with Crippen molar-refractivity contribution in [1.29, 1.82) is 0 Å². The molecule has 0 atom stereocenters. The van der Waals surface area contributed by atoms with Gasteiger partial charge in [0.2, 0.25) is 0 Å². The van der Waals surface area contributed by atoms with Gasteiger partial charge in [0.1, 0.15) is 0 Å². The van der Waals surface area contributed by atoms with E-state index in [1.165, 1.54) is 0 Å². The number of halogens is 2. The first-order valence-electron chi connectivity index (χ1n) is 5.33. The molecule has 2 rings (SSSR count). The largest absolute Gasteiger partial charge is 0.323 e. The zero-order valence-electron chi connectivity index (χ0n) is 10.2. The van der Waals surface area contributed by atoms with Crippen LogP contribution in [0.4, 0.5) is 16.2 Å². The molecule has 4 nitrogen and oxygen atoms in total. The van der Waals surface area contributed by atoms with Gasteiger partial charge in [0, 0.05) is 28.4 Å². The monoisotopic (exact) mass is 354 g/mol. The van der Waals surface area contributed by atoms with Gasteiger partial charge in [0.15, 0.2) is 0 Å². The van der Waals surface area contributed by atoms with Crippen molar-refractivity contribution in [3.63, 3.8) is 0 Å². The number of hydrogen-bond donors (Lipinski definition) is 2. The number of benzene rings is 2. The molecule has 0 aliphatic rings. The van der Waals surface area contributed by atoms with Crippen LogP contribution in [0.1, 0.15) is 0 Å². The van der Waals surface area contributed by atoms with Crippen molar-refractivity contribution < 1.29 is 25.7 Å². The van der Waals surface area contributed by atoms with Crippen LogP contribution in [-0.4, -0.2) is 6.03 Å². The molecule has 0 spiro atoms. The van der Waals surface area contributed by atoms with E-state index >= 15 is 0 Å². The van der Waals surface area contributed by atoms with Crippen molar-refractivity contribution >= 4 is 41.1 Å². The fourth-order valence-corrected chi connectivity index (χ4v) is 1.34. The van der Waals surface area contributed by atoms with Crippen LogP contribution in [0.5, 0.6) is 0 Å². The zero-order valence-corrected chi connectivity index (χ0v) is 12.8. The third-order valence-corrected chi connectivity index (χ3v) is 2.06. The summed E-state index contributed by atoms with van der Waals surface area (Å²) in [4.78, 5) is 11.6. The third kappa shape index (κ3) is 8.04. The van der Waals surface area contributed by atoms with Gasteiger partial charge in [-0.15, -0.1) is 0 Å². The molecule has 0 aliphatic carbocycles. The van der Waals surface area contributed by atoms with E-state index in [0.29, 0.717) is 0 Å². The van der Waals surface area contributed by atoms with E-state index in [2.05, 4.69) is 38.2 Å². The van der Waals surface area contributed by atoms with Crippen molar-refractivity contribution in [2.45, 2.75) is 0 Å². The minimum atomic E-state index is -0.239. The second kappa shape index (κ2) is 11.6. The molecule has 2 aromatic carbocycles.